The Bertz CT molecular complexity index is 45.7. The van der Waals surface area contributed by atoms with Gasteiger partial charge >= 0.3 is 18.9 Å². The Morgan fingerprint density at radius 2 is 2.29 bits per heavy atom. The van der Waals surface area contributed by atoms with Crippen molar-refractivity contribution in [3.63, 3.8) is 0 Å². The zero-order valence-electron chi connectivity index (χ0n) is 3.39. The maximum atomic E-state index is 9.29. The molecule has 0 N–H and O–H groups in total. The zero-order valence-corrected chi connectivity index (χ0v) is 3.39. The molecule has 0 aromatic rings. The van der Waals surface area contributed by atoms with Crippen molar-refractivity contribution in [2.24, 2.45) is 0 Å². The molecule has 0 aliphatic rings. The summed E-state index contributed by atoms with van der Waals surface area (Å²) in [5.74, 6) is 0. The van der Waals surface area contributed by atoms with Gasteiger partial charge in [0.15, 0.2) is 0 Å². The van der Waals surface area contributed by atoms with Crippen LogP contribution in [0.5, 0.6) is 0 Å². The summed E-state index contributed by atoms with van der Waals surface area (Å²) in [5.41, 5.74) is 0. The Labute approximate surface area is 54.7 Å². The first-order valence-electron chi connectivity index (χ1n) is 1.58. The molecule has 0 radical (unpaired) electrons. The first-order valence-corrected chi connectivity index (χ1v) is 1.58. The Morgan fingerprint density at radius 1 is 1.71 bits per heavy atom. The van der Waals surface area contributed by atoms with Crippen LogP contribution in [0.3, 0.4) is 0 Å². The molecular formula is C4H7LiO2. The first kappa shape index (κ1) is 9.93. The molecule has 0 heterocycles. The van der Waals surface area contributed by atoms with Gasteiger partial charge in [0.25, 0.3) is 6.47 Å². The summed E-state index contributed by atoms with van der Waals surface area (Å²) in [6, 6.07) is 0. The number of hydrogen-bond acceptors (Lipinski definition) is 2. The van der Waals surface area contributed by atoms with Crippen molar-refractivity contribution in [3.05, 3.63) is 12.7 Å². The van der Waals surface area contributed by atoms with Crippen LogP contribution in [0.4, 0.5) is 0 Å². The number of ether oxygens (including phenoxy) is 1. The third-order valence-corrected chi connectivity index (χ3v) is 0.282. The second-order valence-electron chi connectivity index (χ2n) is 0.718. The molecule has 0 saturated carbocycles. The third-order valence-electron chi connectivity index (χ3n) is 0.282. The van der Waals surface area contributed by atoms with Crippen molar-refractivity contribution in [2.75, 3.05) is 6.61 Å². The van der Waals surface area contributed by atoms with Crippen LogP contribution in [0.25, 0.3) is 0 Å². The fourth-order valence-electron chi connectivity index (χ4n) is 0.107. The van der Waals surface area contributed by atoms with E-state index < -0.39 is 0 Å². The summed E-state index contributed by atoms with van der Waals surface area (Å²) in [6.07, 6.45) is 1.51. The van der Waals surface area contributed by atoms with E-state index in [0.29, 0.717) is 13.1 Å². The summed E-state index contributed by atoms with van der Waals surface area (Å²) in [5, 5.41) is 0. The van der Waals surface area contributed by atoms with E-state index in [9.17, 15) is 4.79 Å². The fourth-order valence-corrected chi connectivity index (χ4v) is 0.107. The molecule has 0 aliphatic heterocycles. The number of hydrogen-bond donors (Lipinski definition) is 0. The van der Waals surface area contributed by atoms with Crippen molar-refractivity contribution in [1.82, 2.24) is 0 Å². The van der Waals surface area contributed by atoms with Crippen LogP contribution < -0.4 is 0 Å². The molecule has 0 unspecified atom stereocenters. The van der Waals surface area contributed by atoms with Crippen LogP contribution in [0.1, 0.15) is 0 Å². The molecule has 0 bridgehead atoms. The van der Waals surface area contributed by atoms with Crippen molar-refractivity contribution < 1.29 is 9.53 Å². The van der Waals surface area contributed by atoms with Gasteiger partial charge in [-0.1, -0.05) is 12.7 Å². The quantitative estimate of drug-likeness (QED) is 0.207. The van der Waals surface area contributed by atoms with Crippen LogP contribution in [0.2, 0.25) is 0 Å². The molecule has 0 atom stereocenters. The average molecular weight is 94.0 g/mol. The molecule has 0 aliphatic carbocycles. The summed E-state index contributed by atoms with van der Waals surface area (Å²) in [6.45, 7) is 4.01. The van der Waals surface area contributed by atoms with Crippen molar-refractivity contribution in [2.45, 2.75) is 0 Å². The molecule has 0 saturated heterocycles. The van der Waals surface area contributed by atoms with Crippen molar-refractivity contribution >= 4 is 25.3 Å². The van der Waals surface area contributed by atoms with Crippen LogP contribution in [0.15, 0.2) is 12.7 Å². The maximum absolute atomic E-state index is 9.29. The third kappa shape index (κ3) is 10.7. The molecule has 0 spiro atoms. The van der Waals surface area contributed by atoms with E-state index in [4.69, 9.17) is 0 Å². The summed E-state index contributed by atoms with van der Waals surface area (Å²) >= 11 is 0. The van der Waals surface area contributed by atoms with Gasteiger partial charge in [-0.2, -0.15) is 0 Å². The minimum atomic E-state index is 0. The van der Waals surface area contributed by atoms with Gasteiger partial charge in [0, 0.05) is 0 Å². The van der Waals surface area contributed by atoms with E-state index in [1.165, 1.54) is 6.08 Å². The Morgan fingerprint density at radius 3 is 2.43 bits per heavy atom. The molecule has 2 nitrogen and oxygen atoms in total. The standard InChI is InChI=1S/C4H6O2.Li.H/c1-2-3-6-4-5;;/h2,4H,1,3H2;;. The predicted octanol–water partition coefficient (Wildman–Crippen LogP) is -0.303. The molecule has 36 valence electrons. The molecule has 0 aromatic heterocycles. The van der Waals surface area contributed by atoms with E-state index in [2.05, 4.69) is 11.3 Å². The predicted molar refractivity (Wildman–Crippen MR) is 29.4 cm³/mol. The average Bonchev–Trinajstić information content (AvgIpc) is 1.61. The van der Waals surface area contributed by atoms with Crippen LogP contribution >= 0.6 is 0 Å². The summed E-state index contributed by atoms with van der Waals surface area (Å²) < 4.78 is 4.18. The van der Waals surface area contributed by atoms with Gasteiger partial charge < -0.3 is 4.74 Å². The van der Waals surface area contributed by atoms with Gasteiger partial charge in [0.2, 0.25) is 0 Å². The Kier molecular flexibility index (Phi) is 13.1. The van der Waals surface area contributed by atoms with Crippen LogP contribution in [-0.2, 0) is 9.53 Å². The molecule has 0 amide bonds. The van der Waals surface area contributed by atoms with Gasteiger partial charge in [0.05, 0.1) is 0 Å². The Balaban J connectivity index is 0. The van der Waals surface area contributed by atoms with Crippen molar-refractivity contribution in [1.29, 1.82) is 0 Å². The van der Waals surface area contributed by atoms with Crippen LogP contribution in [0, 0.1) is 0 Å². The van der Waals surface area contributed by atoms with E-state index >= 15 is 0 Å². The van der Waals surface area contributed by atoms with E-state index in [-0.39, 0.29) is 18.9 Å². The molecule has 0 rings (SSSR count). The summed E-state index contributed by atoms with van der Waals surface area (Å²) in [7, 11) is 0. The van der Waals surface area contributed by atoms with E-state index in [1.807, 2.05) is 0 Å². The van der Waals surface area contributed by atoms with Crippen molar-refractivity contribution in [3.8, 4) is 0 Å². The fraction of sp³-hybridized carbons (Fsp3) is 0.250. The zero-order chi connectivity index (χ0) is 4.83. The van der Waals surface area contributed by atoms with E-state index in [1.54, 1.807) is 0 Å². The van der Waals surface area contributed by atoms with Gasteiger partial charge in [-0.25, -0.2) is 0 Å². The first-order chi connectivity index (χ1) is 2.91. The normalized spacial score (nSPS) is 5.71. The minimum absolute atomic E-state index is 0. The van der Waals surface area contributed by atoms with Gasteiger partial charge in [-0.15, -0.1) is 0 Å². The SMILES string of the molecule is C=CCOC=O.[LiH]. The topological polar surface area (TPSA) is 26.3 Å². The molecule has 0 aromatic carbocycles. The Hall–Kier alpha value is -0.193. The molecule has 7 heavy (non-hydrogen) atoms. The molecule has 3 heteroatoms. The monoisotopic (exact) mass is 94.1 g/mol. The van der Waals surface area contributed by atoms with Crippen LogP contribution in [-0.4, -0.2) is 31.9 Å². The second-order valence-corrected chi connectivity index (χ2v) is 0.718. The molecular weight excluding hydrogens is 87.0 g/mol. The number of carbonyl (C=O) groups is 1. The van der Waals surface area contributed by atoms with Gasteiger partial charge in [-0.05, 0) is 0 Å². The van der Waals surface area contributed by atoms with Gasteiger partial charge in [0.1, 0.15) is 6.61 Å². The van der Waals surface area contributed by atoms with Gasteiger partial charge in [-0.3, -0.25) is 4.79 Å². The summed E-state index contributed by atoms with van der Waals surface area (Å²) in [4.78, 5) is 9.29. The number of rotatable bonds is 3. The van der Waals surface area contributed by atoms with E-state index in [0.717, 1.165) is 0 Å². The second kappa shape index (κ2) is 9.26. The number of carbonyl (C=O) groups excluding carboxylic acids is 1. The molecule has 0 fully saturated rings.